The molecular weight excluding hydrogens is 496 g/mol. The summed E-state index contributed by atoms with van der Waals surface area (Å²) in [6, 6.07) is 7.34. The van der Waals surface area contributed by atoms with Crippen LogP contribution in [0.5, 0.6) is 0 Å². The fraction of sp³-hybridized carbons (Fsp3) is 0.581. The smallest absolute Gasteiger partial charge is 0.313 e. The highest BCUT2D eigenvalue weighted by atomic mass is 16.6. The van der Waals surface area contributed by atoms with Crippen LogP contribution < -0.4 is 0 Å². The fourth-order valence-electron chi connectivity index (χ4n) is 7.60. The number of cyclic esters (lactones) is 1. The van der Waals surface area contributed by atoms with E-state index in [0.29, 0.717) is 12.1 Å². The van der Waals surface area contributed by atoms with E-state index < -0.39 is 52.5 Å². The standard InChI is InChI=1S/C31H40N2O6/c1-28(2,3)19-29(4,5)32-16-10-15-31-22(23-27(37)38-17-11-14-30(23,6)39-31)25(35)33(24(31)26(32)36)21(18-34)20-12-8-7-9-13-20/h7-15,21-24,34H,16-19H2,1-6H3/t21-,22+,23+,24?,30-,31+/m1/s1. The average Bonchev–Trinajstić information content (AvgIpc) is 3.09. The summed E-state index contributed by atoms with van der Waals surface area (Å²) in [6.45, 7) is 12.3. The molecule has 8 heteroatoms. The highest BCUT2D eigenvalue weighted by molar-refractivity contribution is 5.99. The summed E-state index contributed by atoms with van der Waals surface area (Å²) >= 11 is 0. The summed E-state index contributed by atoms with van der Waals surface area (Å²) in [5.41, 5.74) is -2.41. The third-order valence-corrected chi connectivity index (χ3v) is 8.64. The monoisotopic (exact) mass is 536 g/mol. The molecule has 2 fully saturated rings. The number of hydrogen-bond acceptors (Lipinski definition) is 6. The van der Waals surface area contributed by atoms with Gasteiger partial charge < -0.3 is 24.4 Å². The topological polar surface area (TPSA) is 96.4 Å². The van der Waals surface area contributed by atoms with Crippen LogP contribution >= 0.6 is 0 Å². The maximum absolute atomic E-state index is 14.8. The van der Waals surface area contributed by atoms with Gasteiger partial charge in [-0.2, -0.15) is 0 Å². The molecule has 1 aromatic carbocycles. The number of carbonyl (C=O) groups excluding carboxylic acids is 3. The highest BCUT2D eigenvalue weighted by Gasteiger charge is 2.75. The summed E-state index contributed by atoms with van der Waals surface area (Å²) in [7, 11) is 0. The second kappa shape index (κ2) is 9.30. The van der Waals surface area contributed by atoms with E-state index in [4.69, 9.17) is 9.47 Å². The van der Waals surface area contributed by atoms with E-state index in [-0.39, 0.29) is 24.5 Å². The fourth-order valence-corrected chi connectivity index (χ4v) is 7.60. The van der Waals surface area contributed by atoms with Crippen molar-refractivity contribution in [2.24, 2.45) is 17.3 Å². The number of likely N-dealkylation sites (tertiary alicyclic amines) is 1. The number of aliphatic hydroxyl groups is 1. The second-order valence-electron chi connectivity index (χ2n) is 13.3. The van der Waals surface area contributed by atoms with Crippen molar-refractivity contribution >= 4 is 17.8 Å². The van der Waals surface area contributed by atoms with Crippen LogP contribution in [-0.4, -0.2) is 75.2 Å². The van der Waals surface area contributed by atoms with Gasteiger partial charge in [-0.25, -0.2) is 0 Å². The summed E-state index contributed by atoms with van der Waals surface area (Å²) in [5.74, 6) is -3.08. The largest absolute Gasteiger partial charge is 0.461 e. The lowest BCUT2D eigenvalue weighted by molar-refractivity contribution is -0.161. The zero-order valence-corrected chi connectivity index (χ0v) is 23.7. The Kier molecular flexibility index (Phi) is 6.58. The summed E-state index contributed by atoms with van der Waals surface area (Å²) in [6.07, 6.45) is 7.97. The van der Waals surface area contributed by atoms with Gasteiger partial charge in [0.15, 0.2) is 0 Å². The molecule has 210 valence electrons. The quantitative estimate of drug-likeness (QED) is 0.458. The minimum atomic E-state index is -1.40. The zero-order chi connectivity index (χ0) is 28.4. The molecule has 8 nitrogen and oxygen atoms in total. The first-order valence-electron chi connectivity index (χ1n) is 13.8. The van der Waals surface area contributed by atoms with Crippen LogP contribution in [0.2, 0.25) is 0 Å². The predicted molar refractivity (Wildman–Crippen MR) is 145 cm³/mol. The van der Waals surface area contributed by atoms with Gasteiger partial charge in [-0.1, -0.05) is 69.3 Å². The molecule has 1 spiro atoms. The lowest BCUT2D eigenvalue weighted by Gasteiger charge is -2.45. The minimum Gasteiger partial charge on any atom is -0.461 e. The van der Waals surface area contributed by atoms with E-state index in [2.05, 4.69) is 20.8 Å². The molecule has 1 aromatic rings. The molecule has 39 heavy (non-hydrogen) atoms. The van der Waals surface area contributed by atoms with Crippen molar-refractivity contribution < 1.29 is 29.0 Å². The van der Waals surface area contributed by atoms with Crippen LogP contribution in [0.15, 0.2) is 54.6 Å². The second-order valence-corrected chi connectivity index (χ2v) is 13.3. The van der Waals surface area contributed by atoms with Gasteiger partial charge in [-0.15, -0.1) is 0 Å². The number of hydrogen-bond donors (Lipinski definition) is 1. The zero-order valence-electron chi connectivity index (χ0n) is 23.7. The van der Waals surface area contributed by atoms with E-state index >= 15 is 0 Å². The number of nitrogens with zero attached hydrogens (tertiary/aromatic N) is 2. The van der Waals surface area contributed by atoms with Gasteiger partial charge in [0.05, 0.1) is 24.2 Å². The first-order valence-corrected chi connectivity index (χ1v) is 13.8. The van der Waals surface area contributed by atoms with Gasteiger partial charge in [0.1, 0.15) is 24.2 Å². The van der Waals surface area contributed by atoms with Crippen LogP contribution in [0.3, 0.4) is 0 Å². The van der Waals surface area contributed by atoms with Gasteiger partial charge >= 0.3 is 5.97 Å². The number of benzene rings is 1. The number of fused-ring (bicyclic) bond motifs is 2. The van der Waals surface area contributed by atoms with Crippen LogP contribution in [0.1, 0.15) is 59.6 Å². The van der Waals surface area contributed by atoms with Crippen molar-refractivity contribution in [3.05, 3.63) is 60.2 Å². The van der Waals surface area contributed by atoms with E-state index in [1.807, 2.05) is 61.2 Å². The van der Waals surface area contributed by atoms with Gasteiger partial charge in [-0.05, 0) is 44.2 Å². The Balaban J connectivity index is 1.69. The van der Waals surface area contributed by atoms with Crippen molar-refractivity contribution in [1.29, 1.82) is 0 Å². The first-order chi connectivity index (χ1) is 18.3. The number of esters is 1. The molecule has 4 aliphatic rings. The summed E-state index contributed by atoms with van der Waals surface area (Å²) in [5, 5.41) is 10.6. The Hall–Kier alpha value is -2.97. The number of aliphatic hydroxyl groups excluding tert-OH is 1. The Bertz CT molecular complexity index is 1220. The number of amides is 2. The Labute approximate surface area is 230 Å². The molecule has 0 aliphatic carbocycles. The number of ether oxygens (including phenoxy) is 2. The van der Waals surface area contributed by atoms with Crippen molar-refractivity contribution in [3.8, 4) is 0 Å². The Morgan fingerprint density at radius 1 is 1.00 bits per heavy atom. The highest BCUT2D eigenvalue weighted by Crippen LogP contribution is 2.59. The minimum absolute atomic E-state index is 0.0536. The van der Waals surface area contributed by atoms with Crippen LogP contribution in [0, 0.1) is 17.3 Å². The van der Waals surface area contributed by atoms with Gasteiger partial charge in [0.2, 0.25) is 11.8 Å². The lowest BCUT2D eigenvalue weighted by atomic mass is 9.74. The van der Waals surface area contributed by atoms with E-state index in [1.54, 1.807) is 19.1 Å². The van der Waals surface area contributed by atoms with Crippen LogP contribution in [0.25, 0.3) is 0 Å². The van der Waals surface area contributed by atoms with Gasteiger partial charge in [0, 0.05) is 12.1 Å². The molecule has 1 N–H and O–H groups in total. The molecule has 2 saturated heterocycles. The molecule has 0 saturated carbocycles. The number of rotatable bonds is 5. The van der Waals surface area contributed by atoms with Gasteiger partial charge in [-0.3, -0.25) is 14.4 Å². The summed E-state index contributed by atoms with van der Waals surface area (Å²) < 4.78 is 12.3. The number of carbonyl (C=O) groups is 3. The maximum Gasteiger partial charge on any atom is 0.313 e. The van der Waals surface area contributed by atoms with Crippen molar-refractivity contribution in [2.45, 2.75) is 76.8 Å². The molecule has 0 bridgehead atoms. The summed E-state index contributed by atoms with van der Waals surface area (Å²) in [4.78, 5) is 45.9. The lowest BCUT2D eigenvalue weighted by Crippen LogP contribution is -2.60. The van der Waals surface area contributed by atoms with E-state index in [9.17, 15) is 19.5 Å². The molecule has 2 amide bonds. The van der Waals surface area contributed by atoms with E-state index in [1.165, 1.54) is 4.90 Å². The molecule has 5 rings (SSSR count). The van der Waals surface area contributed by atoms with Crippen molar-refractivity contribution in [2.75, 3.05) is 19.8 Å². The molecular formula is C31H40N2O6. The molecule has 6 atom stereocenters. The van der Waals surface area contributed by atoms with Crippen LogP contribution in [0.4, 0.5) is 0 Å². The molecule has 0 radical (unpaired) electrons. The van der Waals surface area contributed by atoms with Gasteiger partial charge in [0.25, 0.3) is 0 Å². The predicted octanol–water partition coefficient (Wildman–Crippen LogP) is 3.42. The average molecular weight is 537 g/mol. The van der Waals surface area contributed by atoms with E-state index in [0.717, 1.165) is 6.42 Å². The first kappa shape index (κ1) is 27.6. The third-order valence-electron chi connectivity index (χ3n) is 8.64. The van der Waals surface area contributed by atoms with Crippen molar-refractivity contribution in [3.63, 3.8) is 0 Å². The Morgan fingerprint density at radius 2 is 1.69 bits per heavy atom. The maximum atomic E-state index is 14.8. The third kappa shape index (κ3) is 4.32. The Morgan fingerprint density at radius 3 is 2.33 bits per heavy atom. The molecule has 0 aromatic heterocycles. The molecule has 1 unspecified atom stereocenters. The molecule has 4 aliphatic heterocycles. The van der Waals surface area contributed by atoms with Crippen molar-refractivity contribution in [1.82, 2.24) is 9.80 Å². The SMILES string of the molecule is CC(C)(C)CC(C)(C)N1CC=C[C@]23O[C@]4(C)C=CCOC(=O)[C@@H]4[C@H]2C(=O)N([C@H](CO)c2ccccc2)C3C1=O. The normalized spacial score (nSPS) is 33.3. The molecule has 4 heterocycles. The van der Waals surface area contributed by atoms with Crippen LogP contribution in [-0.2, 0) is 23.9 Å².